The molecule has 6 fully saturated rings. The molecule has 0 unspecified atom stereocenters. The van der Waals surface area contributed by atoms with Crippen LogP contribution in [-0.4, -0.2) is 142 Å². The molecule has 119 heavy (non-hydrogen) atoms. The highest BCUT2D eigenvalue weighted by molar-refractivity contribution is 6.68. The highest BCUT2D eigenvalue weighted by atomic mass is 16.7. The van der Waals surface area contributed by atoms with E-state index in [0.29, 0.717) is 164 Å². The maximum atomic E-state index is 14.6. The second-order valence-electron chi connectivity index (χ2n) is 32.8. The molecule has 0 radical (unpaired) electrons. The number of aromatic nitrogens is 4. The predicted octanol–water partition coefficient (Wildman–Crippen LogP) is 12.6. The number of H-pyrrole nitrogens is 4. The van der Waals surface area contributed by atoms with Crippen molar-refractivity contribution in [2.75, 3.05) is 52.4 Å². The van der Waals surface area contributed by atoms with Crippen molar-refractivity contribution in [3.05, 3.63) is 308 Å². The molecule has 0 bridgehead atoms. The fourth-order valence-corrected chi connectivity index (χ4v) is 18.9. The van der Waals surface area contributed by atoms with E-state index in [0.717, 1.165) is 106 Å². The summed E-state index contributed by atoms with van der Waals surface area (Å²) in [6.45, 7) is 8.94. The number of carbonyl (C=O) groups is 6. The molecule has 24 heteroatoms. The molecule has 10 heterocycles. The summed E-state index contributed by atoms with van der Waals surface area (Å²) in [7, 11) is -2.07. The second-order valence-corrected chi connectivity index (χ2v) is 32.8. The lowest BCUT2D eigenvalue weighted by atomic mass is 9.76. The molecule has 6 aliphatic rings. The Labute approximate surface area is 690 Å². The number of piperidine rings is 4. The molecule has 22 nitrogen and oxygen atoms in total. The number of carbonyl (C=O) groups excluding carboxylic acids is 6. The lowest BCUT2D eigenvalue weighted by Gasteiger charge is -2.32. The van der Waals surface area contributed by atoms with Crippen molar-refractivity contribution in [1.82, 2.24) is 39.5 Å². The smallest absolute Gasteiger partial charge is 0.503 e. The van der Waals surface area contributed by atoms with Crippen LogP contribution in [0.5, 0.6) is 0 Å². The Morgan fingerprint density at radius 2 is 0.714 bits per heavy atom. The van der Waals surface area contributed by atoms with E-state index in [4.69, 9.17) is 41.6 Å². The van der Waals surface area contributed by atoms with Gasteiger partial charge in [-0.1, -0.05) is 176 Å². The van der Waals surface area contributed by atoms with Gasteiger partial charge in [0, 0.05) is 139 Å². The minimum Gasteiger partial charge on any atom is -0.503 e. The lowest BCUT2D eigenvalue weighted by molar-refractivity contribution is -0.143. The van der Waals surface area contributed by atoms with Crippen molar-refractivity contribution < 1.29 is 47.4 Å². The topological polar surface area (TPSA) is 320 Å². The summed E-state index contributed by atoms with van der Waals surface area (Å²) >= 11 is 0. The fraction of sp³-hybridized carbons (Fsp3) is 0.284. The third-order valence-corrected chi connectivity index (χ3v) is 25.7. The van der Waals surface area contributed by atoms with Crippen molar-refractivity contribution in [3.63, 3.8) is 0 Å². The van der Waals surface area contributed by atoms with Gasteiger partial charge >= 0.3 is 26.2 Å². The molecular formula is C95H96B2N12O10. The summed E-state index contributed by atoms with van der Waals surface area (Å²) < 4.78 is 25.6. The van der Waals surface area contributed by atoms with Gasteiger partial charge in [-0.15, -0.1) is 0 Å². The number of nitrogens with zero attached hydrogens (tertiary/aromatic N) is 4. The zero-order chi connectivity index (χ0) is 81.6. The van der Waals surface area contributed by atoms with Gasteiger partial charge in [0.25, 0.3) is 23.6 Å². The number of fused-ring (bicyclic) bond motifs is 4. The Balaban J connectivity index is 0.000000164. The molecule has 12 N–H and O–H groups in total. The lowest BCUT2D eigenvalue weighted by Crippen LogP contribution is -2.38. The molecule has 4 aromatic heterocycles. The van der Waals surface area contributed by atoms with E-state index in [1.165, 1.54) is 22.3 Å². The van der Waals surface area contributed by atoms with Gasteiger partial charge < -0.3 is 81.1 Å². The Hall–Kier alpha value is -12.2. The van der Waals surface area contributed by atoms with E-state index in [2.05, 4.69) is 92.7 Å². The summed E-state index contributed by atoms with van der Waals surface area (Å²) in [5, 5.41) is 3.04. The predicted molar refractivity (Wildman–Crippen MR) is 462 cm³/mol. The largest absolute Gasteiger partial charge is 0.566 e. The van der Waals surface area contributed by atoms with E-state index in [-0.39, 0.29) is 23.6 Å². The molecule has 2 atom stereocenters. The number of amides is 4. The van der Waals surface area contributed by atoms with Gasteiger partial charge in [-0.3, -0.25) is 24.0 Å². The fourth-order valence-electron chi connectivity index (χ4n) is 18.9. The monoisotopic (exact) mass is 1590 g/mol. The minimum atomic E-state index is -1.66. The van der Waals surface area contributed by atoms with Crippen molar-refractivity contribution in [3.8, 4) is 0 Å². The Kier molecular flexibility index (Phi) is 21.6. The van der Waals surface area contributed by atoms with Gasteiger partial charge in [-0.2, -0.15) is 0 Å². The molecule has 19 rings (SSSR count). The van der Waals surface area contributed by atoms with Crippen molar-refractivity contribution in [2.24, 2.45) is 22.9 Å². The van der Waals surface area contributed by atoms with Crippen LogP contribution in [-0.2, 0) is 65.6 Å². The highest BCUT2D eigenvalue weighted by Gasteiger charge is 2.57. The molecule has 9 aromatic carbocycles. The molecule has 0 aliphatic carbocycles. The maximum absolute atomic E-state index is 14.6. The average molecular weight is 1590 g/mol. The van der Waals surface area contributed by atoms with Crippen LogP contribution >= 0.6 is 0 Å². The van der Waals surface area contributed by atoms with Crippen molar-refractivity contribution >= 4 is 104 Å². The van der Waals surface area contributed by atoms with E-state index < -0.39 is 37.4 Å². The molecule has 6 saturated heterocycles. The first kappa shape index (κ1) is 78.0. The van der Waals surface area contributed by atoms with Gasteiger partial charge in [0.1, 0.15) is 22.8 Å². The SMILES string of the molecule is C[C@]1(c2ccc3cc(C(=O)N4CCC(c5cccc(CN)c5)CC4)[nH]c3c2)OB(c2cccc3[nH]c(C(=O)N4CCC(c5cccc(CN)c5)CC4)cc23)OC1=O.NCc1cccc(C2CCN(C(=O)c3cc4c(B5OC(=O)[C@@](c6ccccc6)(c6cccc7[nH]c(C(=O)N8CCC(c9cccc(CN)c9)CC8)cc67)O5)cccc4[nH]3)CC2)c1. The van der Waals surface area contributed by atoms with Crippen LogP contribution in [0.2, 0.25) is 0 Å². The van der Waals surface area contributed by atoms with Crippen LogP contribution in [0.3, 0.4) is 0 Å². The van der Waals surface area contributed by atoms with E-state index >= 15 is 0 Å². The number of nitrogens with two attached hydrogens (primary N) is 4. The molecule has 13 aromatic rings. The van der Waals surface area contributed by atoms with E-state index in [9.17, 15) is 28.8 Å². The number of aromatic amines is 4. The third-order valence-electron chi connectivity index (χ3n) is 25.7. The van der Waals surface area contributed by atoms with E-state index in [1.54, 1.807) is 6.92 Å². The molecule has 4 amide bonds. The van der Waals surface area contributed by atoms with Crippen molar-refractivity contribution in [2.45, 2.75) is 119 Å². The van der Waals surface area contributed by atoms with Gasteiger partial charge in [-0.25, -0.2) is 4.79 Å². The molecule has 0 saturated carbocycles. The molecule has 0 spiro atoms. The standard InChI is InChI=1S/C50H49BN6O5.C45H47BN6O5/c52-30-32-8-4-10-36(26-32)34-18-22-56(23-19-34)47(58)45-28-39-41(14-6-16-43(39)54-45)50(38-12-2-1-3-13-38)49(60)61-51(62-50)42-15-7-17-44-40(42)29-46(55-44)48(59)57-24-20-35(21-25-57)37-11-5-9-33(27-37)31-53;1-45(35-12-11-34-23-40(50-39(34)24-35)42(53)51-17-13-30(14-18-51)32-7-2-5-28(21-32)26-47)44(55)56-46(57-45)37-9-4-10-38-36(37)25-41(49-38)43(54)52-19-15-31(16-20-52)33-8-3-6-29(22-33)27-48/h1-17,26-29,34-35,54-55H,18-25,30-31,52-53H2;2-12,21-25,30-31,49-50H,13-20,26-27,47-48H2,1H3/t50-;45-/m11/s1. The number of rotatable bonds is 17. The van der Waals surface area contributed by atoms with E-state index in [1.807, 2.05) is 171 Å². The third kappa shape index (κ3) is 15.1. The Morgan fingerprint density at radius 3 is 1.13 bits per heavy atom. The molecule has 6 aliphatic heterocycles. The van der Waals surface area contributed by atoms with Crippen LogP contribution in [0, 0.1) is 0 Å². The quantitative estimate of drug-likeness (QED) is 0.0393. The van der Waals surface area contributed by atoms with Gasteiger partial charge in [0.2, 0.25) is 5.60 Å². The minimum absolute atomic E-state index is 0.0414. The summed E-state index contributed by atoms with van der Waals surface area (Å²) in [6.07, 6.45) is 7.00. The summed E-state index contributed by atoms with van der Waals surface area (Å²) in [5.74, 6) is 0.174. The first-order valence-corrected chi connectivity index (χ1v) is 41.7. The maximum Gasteiger partial charge on any atom is 0.566 e. The summed E-state index contributed by atoms with van der Waals surface area (Å²) in [4.78, 5) is 105. The zero-order valence-electron chi connectivity index (χ0n) is 66.6. The van der Waals surface area contributed by atoms with Crippen LogP contribution in [0.25, 0.3) is 43.6 Å². The molecule has 602 valence electrons. The Bertz CT molecular complexity index is 6030. The van der Waals surface area contributed by atoms with Crippen LogP contribution in [0.15, 0.2) is 224 Å². The van der Waals surface area contributed by atoms with Gasteiger partial charge in [0.05, 0.1) is 0 Å². The summed E-state index contributed by atoms with van der Waals surface area (Å²) in [5.41, 5.74) is 37.9. The number of benzene rings is 9. The number of likely N-dealkylation sites (tertiary alicyclic amines) is 4. The zero-order valence-corrected chi connectivity index (χ0v) is 66.6. The number of nitrogens with one attached hydrogen (secondary N) is 4. The second kappa shape index (κ2) is 33.0. The van der Waals surface area contributed by atoms with Crippen LogP contribution in [0.1, 0.15) is 185 Å². The van der Waals surface area contributed by atoms with Gasteiger partial charge in [0.15, 0.2) is 5.60 Å². The number of hydrogen-bond donors (Lipinski definition) is 8. The normalized spacial score (nSPS) is 19.1. The van der Waals surface area contributed by atoms with Crippen LogP contribution in [0.4, 0.5) is 0 Å². The highest BCUT2D eigenvalue weighted by Crippen LogP contribution is 2.45. The average Bonchev–Trinajstić information content (AvgIpc) is 1.57. The first-order chi connectivity index (χ1) is 58.0. The Morgan fingerprint density at radius 1 is 0.361 bits per heavy atom. The van der Waals surface area contributed by atoms with Crippen LogP contribution < -0.4 is 33.9 Å². The van der Waals surface area contributed by atoms with Gasteiger partial charge in [-0.05, 0) is 186 Å². The number of hydrogen-bond acceptors (Lipinski definition) is 14. The first-order valence-electron chi connectivity index (χ1n) is 41.7. The molecular weight excluding hydrogens is 1490 g/mol. The van der Waals surface area contributed by atoms with Crippen molar-refractivity contribution in [1.29, 1.82) is 0 Å². The summed E-state index contributed by atoms with van der Waals surface area (Å²) in [6, 6.07) is 73.0.